The first-order valence-corrected chi connectivity index (χ1v) is 7.06. The molecule has 19 heavy (non-hydrogen) atoms. The van der Waals surface area contributed by atoms with E-state index in [4.69, 9.17) is 0 Å². The van der Waals surface area contributed by atoms with Gasteiger partial charge < -0.3 is 14.9 Å². The van der Waals surface area contributed by atoms with Gasteiger partial charge in [-0.3, -0.25) is 0 Å². The molecule has 5 heteroatoms. The number of carbonyl (C=O) groups excluding carboxylic acids is 1. The average molecular weight is 266 g/mol. The van der Waals surface area contributed by atoms with Crippen molar-refractivity contribution in [3.8, 4) is 0 Å². The summed E-state index contributed by atoms with van der Waals surface area (Å²) in [5.41, 5.74) is 0. The van der Waals surface area contributed by atoms with Crippen LogP contribution in [-0.2, 0) is 4.79 Å². The zero-order valence-electron chi connectivity index (χ0n) is 11.3. The molecule has 1 unspecified atom stereocenters. The van der Waals surface area contributed by atoms with Crippen LogP contribution in [0.1, 0.15) is 38.5 Å². The predicted octanol–water partition coefficient (Wildman–Crippen LogP) is 2.09. The van der Waals surface area contributed by atoms with Gasteiger partial charge in [0.15, 0.2) is 0 Å². The monoisotopic (exact) mass is 266 g/mol. The number of aliphatic carboxylic acids is 1. The smallest absolute Gasteiger partial charge is 0.326 e. The molecule has 1 aliphatic heterocycles. The Kier molecular flexibility index (Phi) is 4.45. The lowest BCUT2D eigenvalue weighted by molar-refractivity contribution is -0.142. The summed E-state index contributed by atoms with van der Waals surface area (Å²) in [5, 5.41) is 9.32. The molecule has 2 aliphatic rings. The lowest BCUT2D eigenvalue weighted by Gasteiger charge is -2.33. The molecule has 0 aromatic rings. The highest BCUT2D eigenvalue weighted by Gasteiger charge is 2.38. The third-order valence-electron chi connectivity index (χ3n) is 3.84. The first-order chi connectivity index (χ1) is 9.15. The Labute approximate surface area is 113 Å². The maximum absolute atomic E-state index is 12.6. The number of hydrogen-bond acceptors (Lipinski definition) is 2. The van der Waals surface area contributed by atoms with Gasteiger partial charge in [-0.1, -0.05) is 18.9 Å². The number of carboxylic acids is 1. The lowest BCUT2D eigenvalue weighted by atomic mass is 10.1. The van der Waals surface area contributed by atoms with Gasteiger partial charge in [0.25, 0.3) is 0 Å². The average Bonchev–Trinajstić information content (AvgIpc) is 3.20. The van der Waals surface area contributed by atoms with Crippen LogP contribution in [0.4, 0.5) is 4.79 Å². The van der Waals surface area contributed by atoms with Crippen molar-refractivity contribution in [1.29, 1.82) is 0 Å². The molecule has 1 heterocycles. The molecule has 2 rings (SSSR count). The van der Waals surface area contributed by atoms with Gasteiger partial charge in [-0.25, -0.2) is 9.59 Å². The van der Waals surface area contributed by atoms with E-state index in [0.717, 1.165) is 32.1 Å². The highest BCUT2D eigenvalue weighted by molar-refractivity contribution is 5.83. The SMILES string of the molecule is C=CCN(C(=O)N1CCCCCC1C(=O)O)C1CC1. The fourth-order valence-electron chi connectivity index (χ4n) is 2.67. The molecule has 0 spiro atoms. The van der Waals surface area contributed by atoms with Gasteiger partial charge in [-0.2, -0.15) is 0 Å². The third-order valence-corrected chi connectivity index (χ3v) is 3.84. The van der Waals surface area contributed by atoms with E-state index in [-0.39, 0.29) is 12.1 Å². The van der Waals surface area contributed by atoms with Gasteiger partial charge in [0.05, 0.1) is 0 Å². The van der Waals surface area contributed by atoms with E-state index < -0.39 is 12.0 Å². The van der Waals surface area contributed by atoms with Gasteiger partial charge in [0.1, 0.15) is 6.04 Å². The first-order valence-electron chi connectivity index (χ1n) is 7.06. The Bertz CT molecular complexity index is 366. The van der Waals surface area contributed by atoms with E-state index in [1.54, 1.807) is 15.9 Å². The Morgan fingerprint density at radius 2 is 2.00 bits per heavy atom. The largest absolute Gasteiger partial charge is 0.480 e. The van der Waals surface area contributed by atoms with Crippen LogP contribution in [0.15, 0.2) is 12.7 Å². The van der Waals surface area contributed by atoms with Crippen LogP contribution in [-0.4, -0.2) is 52.1 Å². The highest BCUT2D eigenvalue weighted by Crippen LogP contribution is 2.29. The van der Waals surface area contributed by atoms with Gasteiger partial charge in [0.2, 0.25) is 0 Å². The maximum atomic E-state index is 12.6. The quantitative estimate of drug-likeness (QED) is 0.792. The molecule has 2 amide bonds. The maximum Gasteiger partial charge on any atom is 0.326 e. The molecule has 1 N–H and O–H groups in total. The van der Waals surface area contributed by atoms with E-state index in [1.165, 1.54) is 0 Å². The summed E-state index contributed by atoms with van der Waals surface area (Å²) in [6.45, 7) is 4.74. The Hall–Kier alpha value is -1.52. The Morgan fingerprint density at radius 1 is 1.26 bits per heavy atom. The first kappa shape index (κ1) is 13.9. The summed E-state index contributed by atoms with van der Waals surface area (Å²) in [4.78, 5) is 27.3. The summed E-state index contributed by atoms with van der Waals surface area (Å²) in [7, 11) is 0. The van der Waals surface area contributed by atoms with Crippen LogP contribution in [0.2, 0.25) is 0 Å². The van der Waals surface area contributed by atoms with Crippen LogP contribution in [0.25, 0.3) is 0 Å². The fourth-order valence-corrected chi connectivity index (χ4v) is 2.67. The summed E-state index contributed by atoms with van der Waals surface area (Å²) < 4.78 is 0. The number of carboxylic acid groups (broad SMARTS) is 1. The topological polar surface area (TPSA) is 60.9 Å². The summed E-state index contributed by atoms with van der Waals surface area (Å²) in [6.07, 6.45) is 7.08. The van der Waals surface area contributed by atoms with E-state index in [2.05, 4.69) is 6.58 Å². The Morgan fingerprint density at radius 3 is 2.58 bits per heavy atom. The molecule has 1 saturated carbocycles. The second kappa shape index (κ2) is 6.08. The minimum atomic E-state index is -0.885. The second-order valence-corrected chi connectivity index (χ2v) is 5.35. The molecule has 5 nitrogen and oxygen atoms in total. The number of likely N-dealkylation sites (tertiary alicyclic amines) is 1. The zero-order valence-corrected chi connectivity index (χ0v) is 11.3. The van der Waals surface area contributed by atoms with Crippen molar-refractivity contribution in [2.45, 2.75) is 50.6 Å². The summed E-state index contributed by atoms with van der Waals surface area (Å²) >= 11 is 0. The van der Waals surface area contributed by atoms with Crippen LogP contribution in [0.3, 0.4) is 0 Å². The van der Waals surface area contributed by atoms with Crippen molar-refractivity contribution >= 4 is 12.0 Å². The minimum Gasteiger partial charge on any atom is -0.480 e. The van der Waals surface area contributed by atoms with E-state index in [9.17, 15) is 14.7 Å². The predicted molar refractivity (Wildman–Crippen MR) is 71.9 cm³/mol. The molecule has 0 aromatic heterocycles. The van der Waals surface area contributed by atoms with Gasteiger partial charge in [0, 0.05) is 19.1 Å². The summed E-state index contributed by atoms with van der Waals surface area (Å²) in [5.74, 6) is -0.885. The molecular weight excluding hydrogens is 244 g/mol. The standard InChI is InChI=1S/C14H22N2O3/c1-2-9-15(11-7-8-11)14(19)16-10-5-3-4-6-12(16)13(17)18/h2,11-12H,1,3-10H2,(H,17,18). The molecule has 1 saturated heterocycles. The molecule has 2 fully saturated rings. The number of carbonyl (C=O) groups is 2. The van der Waals surface area contributed by atoms with Crippen molar-refractivity contribution in [2.24, 2.45) is 0 Å². The van der Waals surface area contributed by atoms with Crippen LogP contribution in [0, 0.1) is 0 Å². The molecule has 0 aromatic carbocycles. The van der Waals surface area contributed by atoms with Crippen LogP contribution in [0.5, 0.6) is 0 Å². The Balaban J connectivity index is 2.12. The molecule has 1 aliphatic carbocycles. The minimum absolute atomic E-state index is 0.128. The number of nitrogens with zero attached hydrogens (tertiary/aromatic N) is 2. The van der Waals surface area contributed by atoms with Gasteiger partial charge >= 0.3 is 12.0 Å². The second-order valence-electron chi connectivity index (χ2n) is 5.35. The van der Waals surface area contributed by atoms with Gasteiger partial charge in [-0.15, -0.1) is 6.58 Å². The van der Waals surface area contributed by atoms with Crippen molar-refractivity contribution in [1.82, 2.24) is 9.80 Å². The number of rotatable bonds is 4. The van der Waals surface area contributed by atoms with E-state index in [0.29, 0.717) is 19.5 Å². The lowest BCUT2D eigenvalue weighted by Crippen LogP contribution is -2.51. The molecular formula is C14H22N2O3. The number of urea groups is 1. The fraction of sp³-hybridized carbons (Fsp3) is 0.714. The van der Waals surface area contributed by atoms with Crippen molar-refractivity contribution in [2.75, 3.05) is 13.1 Å². The molecule has 1 atom stereocenters. The molecule has 0 radical (unpaired) electrons. The van der Waals surface area contributed by atoms with Crippen molar-refractivity contribution < 1.29 is 14.7 Å². The van der Waals surface area contributed by atoms with Crippen LogP contribution >= 0.6 is 0 Å². The normalized spacial score (nSPS) is 23.6. The number of hydrogen-bond donors (Lipinski definition) is 1. The number of amides is 2. The van der Waals surface area contributed by atoms with E-state index >= 15 is 0 Å². The van der Waals surface area contributed by atoms with E-state index in [1.807, 2.05) is 0 Å². The van der Waals surface area contributed by atoms with Crippen molar-refractivity contribution in [3.63, 3.8) is 0 Å². The van der Waals surface area contributed by atoms with Crippen molar-refractivity contribution in [3.05, 3.63) is 12.7 Å². The third kappa shape index (κ3) is 3.28. The zero-order chi connectivity index (χ0) is 13.8. The summed E-state index contributed by atoms with van der Waals surface area (Å²) in [6, 6.07) is -0.513. The molecule has 106 valence electrons. The highest BCUT2D eigenvalue weighted by atomic mass is 16.4. The van der Waals surface area contributed by atoms with Crippen LogP contribution < -0.4 is 0 Å². The van der Waals surface area contributed by atoms with Gasteiger partial charge in [-0.05, 0) is 25.7 Å². The molecule has 0 bridgehead atoms.